The Bertz CT molecular complexity index is 959. The molecule has 158 valence electrons. The Morgan fingerprint density at radius 1 is 1.38 bits per heavy atom. The molecule has 1 N–H and O–H groups in total. The number of sulfone groups is 1. The fourth-order valence-electron chi connectivity index (χ4n) is 3.19. The van der Waals surface area contributed by atoms with Gasteiger partial charge >= 0.3 is 0 Å². The highest BCUT2D eigenvalue weighted by atomic mass is 32.2. The van der Waals surface area contributed by atoms with Crippen LogP contribution in [0.1, 0.15) is 17.8 Å². The van der Waals surface area contributed by atoms with Crippen molar-refractivity contribution >= 4 is 27.5 Å². The van der Waals surface area contributed by atoms with E-state index < -0.39 is 9.84 Å². The van der Waals surface area contributed by atoms with Gasteiger partial charge in [0.1, 0.15) is 18.2 Å². The number of benzene rings is 1. The van der Waals surface area contributed by atoms with Crippen molar-refractivity contribution in [1.82, 2.24) is 20.1 Å². The summed E-state index contributed by atoms with van der Waals surface area (Å²) in [6.07, 6.45) is 1.26. The average Bonchev–Trinajstić information content (AvgIpc) is 3.19. The molecule has 0 saturated carbocycles. The van der Waals surface area contributed by atoms with E-state index in [0.29, 0.717) is 31.1 Å². The Morgan fingerprint density at radius 3 is 2.93 bits per heavy atom. The first-order valence-electron chi connectivity index (χ1n) is 9.50. The molecule has 0 radical (unpaired) electrons. The van der Waals surface area contributed by atoms with Crippen LogP contribution >= 0.6 is 11.8 Å². The molecule has 1 aromatic heterocycles. The van der Waals surface area contributed by atoms with Crippen LogP contribution < -0.4 is 10.1 Å². The topological polar surface area (TPSA) is 103 Å². The second-order valence-electron chi connectivity index (χ2n) is 7.23. The van der Waals surface area contributed by atoms with E-state index in [-0.39, 0.29) is 29.1 Å². The van der Waals surface area contributed by atoms with Gasteiger partial charge in [-0.05, 0) is 37.0 Å². The number of carbonyl (C=O) groups is 1. The molecule has 3 rings (SSSR count). The van der Waals surface area contributed by atoms with Gasteiger partial charge in [-0.3, -0.25) is 4.79 Å². The van der Waals surface area contributed by atoms with E-state index in [1.165, 1.54) is 11.8 Å². The first-order valence-corrected chi connectivity index (χ1v) is 12.3. The number of aryl methyl sites for hydroxylation is 1. The molecule has 1 aliphatic heterocycles. The summed E-state index contributed by atoms with van der Waals surface area (Å²) in [6, 6.07) is 7.77. The highest BCUT2D eigenvalue weighted by molar-refractivity contribution is 7.99. The summed E-state index contributed by atoms with van der Waals surface area (Å²) in [7, 11) is -1.06. The Morgan fingerprint density at radius 2 is 2.21 bits per heavy atom. The highest BCUT2D eigenvalue weighted by Gasteiger charge is 2.29. The van der Waals surface area contributed by atoms with Crippen LogP contribution in [0.15, 0.2) is 29.4 Å². The van der Waals surface area contributed by atoms with Crippen molar-refractivity contribution in [2.75, 3.05) is 30.4 Å². The number of hydrogen-bond acceptors (Lipinski definition) is 7. The Labute approximate surface area is 175 Å². The Balaban J connectivity index is 1.38. The third kappa shape index (κ3) is 6.46. The van der Waals surface area contributed by atoms with Gasteiger partial charge in [0.05, 0.1) is 23.8 Å². The van der Waals surface area contributed by atoms with E-state index in [1.807, 2.05) is 42.8 Å². The molecular weight excluding hydrogens is 412 g/mol. The lowest BCUT2D eigenvalue weighted by molar-refractivity contribution is -0.118. The largest absolute Gasteiger partial charge is 0.492 e. The molecule has 2 heterocycles. The molecule has 10 heteroatoms. The molecule has 0 bridgehead atoms. The predicted octanol–water partition coefficient (Wildman–Crippen LogP) is 1.39. The number of nitrogens with zero attached hydrogens (tertiary/aromatic N) is 3. The molecule has 1 amide bonds. The minimum absolute atomic E-state index is 0.0949. The number of hydrogen-bond donors (Lipinski definition) is 1. The van der Waals surface area contributed by atoms with Crippen molar-refractivity contribution in [3.63, 3.8) is 0 Å². The molecule has 8 nitrogen and oxygen atoms in total. The van der Waals surface area contributed by atoms with Gasteiger partial charge in [-0.2, -0.15) is 0 Å². The number of aromatic nitrogens is 3. The summed E-state index contributed by atoms with van der Waals surface area (Å²) in [5.74, 6) is 2.23. The molecular formula is C19H26N4O4S2. The van der Waals surface area contributed by atoms with Crippen molar-refractivity contribution in [1.29, 1.82) is 0 Å². The number of thioether (sulfide) groups is 1. The summed E-state index contributed by atoms with van der Waals surface area (Å²) < 4.78 is 30.7. The van der Waals surface area contributed by atoms with Gasteiger partial charge in [0.2, 0.25) is 5.91 Å². The molecule has 29 heavy (non-hydrogen) atoms. The standard InChI is InChI=1S/C19H26N4O4S2/c1-14-4-3-5-16(10-14)27-8-7-20-18(24)12-28-19-22-21-17(23(19)2)11-15-6-9-29(25,26)13-15/h3-5,10,15H,6-9,11-13H2,1-2H3,(H,20,24)/t15-/m0/s1. The maximum absolute atomic E-state index is 12.0. The van der Waals surface area contributed by atoms with Crippen LogP contribution in [0.5, 0.6) is 5.75 Å². The zero-order valence-corrected chi connectivity index (χ0v) is 18.3. The molecule has 2 aromatic rings. The molecule has 1 aromatic carbocycles. The summed E-state index contributed by atoms with van der Waals surface area (Å²) >= 11 is 1.31. The Kier molecular flexibility index (Phi) is 7.18. The molecule has 1 atom stereocenters. The van der Waals surface area contributed by atoms with Crippen LogP contribution in [0.3, 0.4) is 0 Å². The van der Waals surface area contributed by atoms with E-state index >= 15 is 0 Å². The van der Waals surface area contributed by atoms with E-state index in [2.05, 4.69) is 15.5 Å². The van der Waals surface area contributed by atoms with Gasteiger partial charge in [0, 0.05) is 13.5 Å². The SMILES string of the molecule is Cc1cccc(OCCNC(=O)CSc2nnc(C[C@@H]3CCS(=O)(=O)C3)n2C)c1. The zero-order valence-electron chi connectivity index (χ0n) is 16.6. The zero-order chi connectivity index (χ0) is 20.9. The molecule has 1 saturated heterocycles. The maximum atomic E-state index is 12.0. The van der Waals surface area contributed by atoms with Crippen molar-refractivity contribution in [2.24, 2.45) is 13.0 Å². The van der Waals surface area contributed by atoms with E-state index in [4.69, 9.17) is 4.74 Å². The van der Waals surface area contributed by atoms with Crippen LogP contribution in [0.4, 0.5) is 0 Å². The minimum atomic E-state index is -2.90. The summed E-state index contributed by atoms with van der Waals surface area (Å²) in [6.45, 7) is 2.82. The lowest BCUT2D eigenvalue weighted by Gasteiger charge is -2.09. The van der Waals surface area contributed by atoms with Crippen molar-refractivity contribution in [3.8, 4) is 5.75 Å². The number of rotatable bonds is 9. The summed E-state index contributed by atoms with van der Waals surface area (Å²) in [5.41, 5.74) is 1.13. The quantitative estimate of drug-likeness (QED) is 0.466. The molecule has 1 aliphatic rings. The second kappa shape index (κ2) is 9.62. The normalized spacial score (nSPS) is 17.9. The summed E-state index contributed by atoms with van der Waals surface area (Å²) in [5, 5.41) is 11.8. The number of nitrogens with one attached hydrogen (secondary N) is 1. The van der Waals surface area contributed by atoms with Crippen LogP contribution in [-0.2, 0) is 28.1 Å². The highest BCUT2D eigenvalue weighted by Crippen LogP contribution is 2.23. The lowest BCUT2D eigenvalue weighted by atomic mass is 10.1. The fourth-order valence-corrected chi connectivity index (χ4v) is 5.81. The first-order chi connectivity index (χ1) is 13.8. The predicted molar refractivity (Wildman–Crippen MR) is 112 cm³/mol. The van der Waals surface area contributed by atoms with Crippen LogP contribution in [0.25, 0.3) is 0 Å². The van der Waals surface area contributed by atoms with Crippen LogP contribution in [-0.4, -0.2) is 59.5 Å². The Hall–Kier alpha value is -2.07. The van der Waals surface area contributed by atoms with Crippen molar-refractivity contribution in [3.05, 3.63) is 35.7 Å². The van der Waals surface area contributed by atoms with E-state index in [9.17, 15) is 13.2 Å². The van der Waals surface area contributed by atoms with Gasteiger partial charge in [-0.25, -0.2) is 8.42 Å². The van der Waals surface area contributed by atoms with Gasteiger partial charge < -0.3 is 14.6 Å². The smallest absolute Gasteiger partial charge is 0.230 e. The van der Waals surface area contributed by atoms with Crippen LogP contribution in [0.2, 0.25) is 0 Å². The second-order valence-corrected chi connectivity index (χ2v) is 10.4. The molecule has 0 spiro atoms. The molecule has 0 unspecified atom stereocenters. The maximum Gasteiger partial charge on any atom is 0.230 e. The van der Waals surface area contributed by atoms with Crippen molar-refractivity contribution < 1.29 is 17.9 Å². The number of ether oxygens (including phenoxy) is 1. The van der Waals surface area contributed by atoms with Gasteiger partial charge in [-0.15, -0.1) is 10.2 Å². The first kappa shape index (κ1) is 21.6. The third-order valence-corrected chi connectivity index (χ3v) is 7.60. The van der Waals surface area contributed by atoms with Gasteiger partial charge in [0.15, 0.2) is 15.0 Å². The molecule has 0 aliphatic carbocycles. The third-order valence-electron chi connectivity index (χ3n) is 4.74. The minimum Gasteiger partial charge on any atom is -0.492 e. The fraction of sp³-hybridized carbons (Fsp3) is 0.526. The van der Waals surface area contributed by atoms with Crippen molar-refractivity contribution in [2.45, 2.75) is 24.9 Å². The van der Waals surface area contributed by atoms with Crippen LogP contribution in [0, 0.1) is 12.8 Å². The van der Waals surface area contributed by atoms with Gasteiger partial charge in [-0.1, -0.05) is 23.9 Å². The van der Waals surface area contributed by atoms with E-state index in [0.717, 1.165) is 17.1 Å². The number of carbonyl (C=O) groups excluding carboxylic acids is 1. The average molecular weight is 439 g/mol. The monoisotopic (exact) mass is 438 g/mol. The lowest BCUT2D eigenvalue weighted by Crippen LogP contribution is -2.29. The van der Waals surface area contributed by atoms with Gasteiger partial charge in [0.25, 0.3) is 0 Å². The number of amides is 1. The molecule has 1 fully saturated rings. The van der Waals surface area contributed by atoms with E-state index in [1.54, 1.807) is 0 Å². The summed E-state index contributed by atoms with van der Waals surface area (Å²) in [4.78, 5) is 12.0.